The number of alkyl halides is 3. The minimum Gasteiger partial charge on any atom is -0.294 e. The lowest BCUT2D eigenvalue weighted by atomic mass is 10.0. The van der Waals surface area contributed by atoms with Gasteiger partial charge in [-0.25, -0.2) is 5.84 Å². The van der Waals surface area contributed by atoms with Crippen LogP contribution in [0.2, 0.25) is 0 Å². The van der Waals surface area contributed by atoms with Crippen LogP contribution in [0.1, 0.15) is 6.42 Å². The Morgan fingerprint density at radius 2 is 2.17 bits per heavy atom. The number of hydrogen-bond donors (Lipinski definition) is 2. The van der Waals surface area contributed by atoms with Gasteiger partial charge < -0.3 is 0 Å². The van der Waals surface area contributed by atoms with Crippen LogP contribution in [0, 0.1) is 5.92 Å². The summed E-state index contributed by atoms with van der Waals surface area (Å²) in [5, 5.41) is 0. The van der Waals surface area contributed by atoms with E-state index in [2.05, 4.69) is 12.4 Å². The van der Waals surface area contributed by atoms with Crippen molar-refractivity contribution in [2.45, 2.75) is 12.6 Å². The summed E-state index contributed by atoms with van der Waals surface area (Å²) in [5.41, 5.74) is 1.45. The first-order valence-electron chi connectivity index (χ1n) is 3.11. The normalized spacial score (nSPS) is 13.7. The third-order valence-corrected chi connectivity index (χ3v) is 1.26. The van der Waals surface area contributed by atoms with Gasteiger partial charge in [0.25, 0.3) is 0 Å². The van der Waals surface area contributed by atoms with Gasteiger partial charge in [0.15, 0.2) is 0 Å². The molecule has 0 rings (SSSR count). The van der Waals surface area contributed by atoms with Crippen molar-refractivity contribution in [3.8, 4) is 0 Å². The predicted molar refractivity (Wildman–Crippen MR) is 36.7 cm³/mol. The van der Waals surface area contributed by atoms with Crippen molar-refractivity contribution in [2.75, 3.05) is 0 Å². The second-order valence-electron chi connectivity index (χ2n) is 2.13. The molecule has 3 N–H and O–H groups in total. The Bertz CT molecular complexity index is 178. The number of nitrogens with two attached hydrogens (primary N) is 1. The number of hydrogen-bond acceptors (Lipinski definition) is 2. The van der Waals surface area contributed by atoms with Crippen LogP contribution in [0.4, 0.5) is 13.2 Å². The molecular formula is C6H9F3N2O. The highest BCUT2D eigenvalue weighted by atomic mass is 19.4. The van der Waals surface area contributed by atoms with E-state index in [1.807, 2.05) is 0 Å². The maximum atomic E-state index is 12.0. The zero-order chi connectivity index (χ0) is 9.78. The monoisotopic (exact) mass is 182 g/mol. The van der Waals surface area contributed by atoms with Crippen LogP contribution < -0.4 is 11.3 Å². The lowest BCUT2D eigenvalue weighted by Crippen LogP contribution is -2.42. The molecule has 0 heterocycles. The summed E-state index contributed by atoms with van der Waals surface area (Å²) in [6.07, 6.45) is -4.02. The minimum atomic E-state index is -4.57. The first-order chi connectivity index (χ1) is 5.43. The van der Waals surface area contributed by atoms with Crippen molar-refractivity contribution in [1.82, 2.24) is 5.43 Å². The molecule has 1 unspecified atom stereocenters. The van der Waals surface area contributed by atoms with Crippen molar-refractivity contribution in [3.05, 3.63) is 12.7 Å². The second-order valence-corrected chi connectivity index (χ2v) is 2.13. The first-order valence-corrected chi connectivity index (χ1v) is 3.11. The van der Waals surface area contributed by atoms with Gasteiger partial charge >= 0.3 is 6.18 Å². The minimum absolute atomic E-state index is 0.466. The molecule has 1 atom stereocenters. The molecule has 0 bridgehead atoms. The van der Waals surface area contributed by atoms with Crippen molar-refractivity contribution in [1.29, 1.82) is 0 Å². The average molecular weight is 182 g/mol. The summed E-state index contributed by atoms with van der Waals surface area (Å²) in [7, 11) is 0. The lowest BCUT2D eigenvalue weighted by Gasteiger charge is -2.16. The molecule has 6 heteroatoms. The van der Waals surface area contributed by atoms with E-state index >= 15 is 0 Å². The average Bonchev–Trinajstić information content (AvgIpc) is 1.96. The SMILES string of the molecule is C=CCC(C(=O)NN)C(F)(F)F. The van der Waals surface area contributed by atoms with Crippen LogP contribution in [0.5, 0.6) is 0 Å². The van der Waals surface area contributed by atoms with E-state index in [0.717, 1.165) is 6.08 Å². The van der Waals surface area contributed by atoms with Gasteiger partial charge in [-0.3, -0.25) is 10.2 Å². The topological polar surface area (TPSA) is 55.1 Å². The summed E-state index contributed by atoms with van der Waals surface area (Å²) >= 11 is 0. The van der Waals surface area contributed by atoms with Gasteiger partial charge in [-0.05, 0) is 6.42 Å². The van der Waals surface area contributed by atoms with Crippen molar-refractivity contribution in [2.24, 2.45) is 11.8 Å². The third kappa shape index (κ3) is 2.91. The first kappa shape index (κ1) is 11.0. The molecule has 0 fully saturated rings. The van der Waals surface area contributed by atoms with Gasteiger partial charge in [-0.2, -0.15) is 13.2 Å². The standard InChI is InChI=1S/C6H9F3N2O/c1-2-3-4(5(12)11-10)6(7,8)9/h2,4H,1,3,10H2,(H,11,12). The van der Waals surface area contributed by atoms with Crippen LogP contribution in [-0.4, -0.2) is 12.1 Å². The Kier molecular flexibility index (Phi) is 3.75. The lowest BCUT2D eigenvalue weighted by molar-refractivity contribution is -0.182. The Balaban J connectivity index is 4.43. The molecule has 0 aromatic heterocycles. The Morgan fingerprint density at radius 3 is 2.42 bits per heavy atom. The molecular weight excluding hydrogens is 173 g/mol. The van der Waals surface area contributed by atoms with E-state index in [0.29, 0.717) is 0 Å². The highest BCUT2D eigenvalue weighted by Crippen LogP contribution is 2.28. The second kappa shape index (κ2) is 4.10. The third-order valence-electron chi connectivity index (χ3n) is 1.26. The number of allylic oxidation sites excluding steroid dienone is 1. The fraction of sp³-hybridized carbons (Fsp3) is 0.500. The van der Waals surface area contributed by atoms with Crippen molar-refractivity contribution < 1.29 is 18.0 Å². The summed E-state index contributed by atoms with van der Waals surface area (Å²) < 4.78 is 35.9. The van der Waals surface area contributed by atoms with Crippen molar-refractivity contribution in [3.63, 3.8) is 0 Å². The molecule has 70 valence electrons. The molecule has 0 aromatic rings. The molecule has 0 aliphatic heterocycles. The Hall–Kier alpha value is -1.04. The molecule has 0 aliphatic carbocycles. The van der Waals surface area contributed by atoms with E-state index in [1.165, 1.54) is 5.43 Å². The molecule has 3 nitrogen and oxygen atoms in total. The molecule has 0 saturated heterocycles. The van der Waals surface area contributed by atoms with Crippen LogP contribution in [0.15, 0.2) is 12.7 Å². The molecule has 0 aromatic carbocycles. The summed E-state index contributed by atoms with van der Waals surface area (Å²) in [6.45, 7) is 3.11. The number of carbonyl (C=O) groups is 1. The highest BCUT2D eigenvalue weighted by Gasteiger charge is 2.43. The van der Waals surface area contributed by atoms with E-state index in [1.54, 1.807) is 0 Å². The van der Waals surface area contributed by atoms with Gasteiger partial charge in [-0.1, -0.05) is 6.08 Å². The Morgan fingerprint density at radius 1 is 1.67 bits per heavy atom. The van der Waals surface area contributed by atoms with Crippen molar-refractivity contribution >= 4 is 5.91 Å². The van der Waals surface area contributed by atoms with E-state index in [9.17, 15) is 18.0 Å². The van der Waals surface area contributed by atoms with Crippen LogP contribution >= 0.6 is 0 Å². The summed E-state index contributed by atoms with van der Waals surface area (Å²) in [4.78, 5) is 10.5. The fourth-order valence-electron chi connectivity index (χ4n) is 0.657. The maximum Gasteiger partial charge on any atom is 0.400 e. The van der Waals surface area contributed by atoms with Crippen LogP contribution in [0.25, 0.3) is 0 Å². The quantitative estimate of drug-likeness (QED) is 0.292. The molecule has 1 amide bonds. The van der Waals surface area contributed by atoms with Gasteiger partial charge in [0.2, 0.25) is 5.91 Å². The maximum absolute atomic E-state index is 12.0. The van der Waals surface area contributed by atoms with Gasteiger partial charge in [-0.15, -0.1) is 6.58 Å². The number of amides is 1. The van der Waals surface area contributed by atoms with Gasteiger partial charge in [0, 0.05) is 0 Å². The zero-order valence-corrected chi connectivity index (χ0v) is 6.19. The molecule has 0 spiro atoms. The number of hydrazine groups is 1. The number of carbonyl (C=O) groups excluding carboxylic acids is 1. The van der Waals surface area contributed by atoms with E-state index in [4.69, 9.17) is 0 Å². The number of rotatable bonds is 3. The molecule has 0 saturated carbocycles. The molecule has 0 radical (unpaired) electrons. The van der Waals surface area contributed by atoms with Gasteiger partial charge in [0.05, 0.1) is 0 Å². The largest absolute Gasteiger partial charge is 0.400 e. The molecule has 12 heavy (non-hydrogen) atoms. The van der Waals surface area contributed by atoms with Gasteiger partial charge in [0.1, 0.15) is 5.92 Å². The number of nitrogens with one attached hydrogen (secondary N) is 1. The number of halogens is 3. The summed E-state index contributed by atoms with van der Waals surface area (Å²) in [5.74, 6) is 1.22. The predicted octanol–water partition coefficient (Wildman–Crippen LogP) is 0.731. The van der Waals surface area contributed by atoms with E-state index < -0.39 is 24.4 Å². The summed E-state index contributed by atoms with van der Waals surface area (Å²) in [6, 6.07) is 0. The van der Waals surface area contributed by atoms with Crippen LogP contribution in [-0.2, 0) is 4.79 Å². The van der Waals surface area contributed by atoms with Crippen LogP contribution in [0.3, 0.4) is 0 Å². The molecule has 0 aliphatic rings. The fourth-order valence-corrected chi connectivity index (χ4v) is 0.657. The Labute approximate surface area is 67.4 Å². The highest BCUT2D eigenvalue weighted by molar-refractivity contribution is 5.78. The zero-order valence-electron chi connectivity index (χ0n) is 6.19. The van der Waals surface area contributed by atoms with E-state index in [-0.39, 0.29) is 0 Å². The smallest absolute Gasteiger partial charge is 0.294 e.